The second kappa shape index (κ2) is 4.28. The van der Waals surface area contributed by atoms with E-state index in [9.17, 15) is 0 Å². The number of nitrogens with zero attached hydrogens (tertiary/aromatic N) is 1. The summed E-state index contributed by atoms with van der Waals surface area (Å²) in [6.45, 7) is 2.10. The lowest BCUT2D eigenvalue weighted by Gasteiger charge is -2.01. The third-order valence-electron chi connectivity index (χ3n) is 2.18. The minimum absolute atomic E-state index is 1.06. The van der Waals surface area contributed by atoms with Gasteiger partial charge in [-0.2, -0.15) is 5.10 Å². The van der Waals surface area contributed by atoms with Crippen molar-refractivity contribution >= 4 is 17.6 Å². The molecule has 0 aliphatic carbocycles. The van der Waals surface area contributed by atoms with Crippen molar-refractivity contribution in [3.8, 4) is 10.4 Å². The van der Waals surface area contributed by atoms with E-state index in [4.69, 9.17) is 5.84 Å². The summed E-state index contributed by atoms with van der Waals surface area (Å²) in [5.74, 6) is 5.19. The van der Waals surface area contributed by atoms with Gasteiger partial charge in [-0.15, -0.1) is 11.3 Å². The third-order valence-corrected chi connectivity index (χ3v) is 3.21. The second-order valence-corrected chi connectivity index (χ2v) is 4.56. The van der Waals surface area contributed by atoms with E-state index in [1.807, 2.05) is 18.2 Å². The Kier molecular flexibility index (Phi) is 2.83. The molecular weight excluding hydrogens is 204 g/mol. The standard InChI is InChI=1S/C12H12N2S/c1-9-6-7-12(15-9)11-5-3-2-4-10(11)8-14-13/h2-8H,13H2,1H3. The predicted octanol–water partition coefficient (Wildman–Crippen LogP) is 3.02. The Morgan fingerprint density at radius 3 is 2.67 bits per heavy atom. The highest BCUT2D eigenvalue weighted by Crippen LogP contribution is 2.29. The van der Waals surface area contributed by atoms with Crippen molar-refractivity contribution < 1.29 is 0 Å². The van der Waals surface area contributed by atoms with E-state index in [2.05, 4.69) is 30.2 Å². The summed E-state index contributed by atoms with van der Waals surface area (Å²) < 4.78 is 0. The van der Waals surface area contributed by atoms with Crippen LogP contribution >= 0.6 is 11.3 Å². The minimum atomic E-state index is 1.06. The van der Waals surface area contributed by atoms with Crippen LogP contribution in [0.25, 0.3) is 10.4 Å². The van der Waals surface area contributed by atoms with E-state index in [1.165, 1.54) is 15.3 Å². The molecule has 1 heterocycles. The Hall–Kier alpha value is -1.61. The summed E-state index contributed by atoms with van der Waals surface area (Å²) in [5.41, 5.74) is 2.24. The lowest BCUT2D eigenvalue weighted by atomic mass is 10.1. The highest BCUT2D eigenvalue weighted by atomic mass is 32.1. The van der Waals surface area contributed by atoms with Crippen LogP contribution in [0.5, 0.6) is 0 Å². The second-order valence-electron chi connectivity index (χ2n) is 3.28. The fourth-order valence-corrected chi connectivity index (χ4v) is 2.41. The highest BCUT2D eigenvalue weighted by Gasteiger charge is 2.04. The Balaban J connectivity index is 2.52. The number of thiophene rings is 1. The van der Waals surface area contributed by atoms with Gasteiger partial charge in [0.2, 0.25) is 0 Å². The number of nitrogens with two attached hydrogens (primary N) is 1. The summed E-state index contributed by atoms with van der Waals surface area (Å²) in [7, 11) is 0. The molecule has 76 valence electrons. The topological polar surface area (TPSA) is 38.4 Å². The molecule has 3 heteroatoms. The number of aryl methyl sites for hydroxylation is 1. The van der Waals surface area contributed by atoms with Gasteiger partial charge in [0.05, 0.1) is 6.21 Å². The van der Waals surface area contributed by atoms with Crippen molar-refractivity contribution in [2.75, 3.05) is 0 Å². The van der Waals surface area contributed by atoms with E-state index in [-0.39, 0.29) is 0 Å². The molecule has 2 rings (SSSR count). The van der Waals surface area contributed by atoms with Crippen LogP contribution in [0.4, 0.5) is 0 Å². The molecule has 2 N–H and O–H groups in total. The van der Waals surface area contributed by atoms with Gasteiger partial charge in [0.1, 0.15) is 0 Å². The number of benzene rings is 1. The van der Waals surface area contributed by atoms with Gasteiger partial charge in [0.15, 0.2) is 0 Å². The SMILES string of the molecule is Cc1ccc(-c2ccccc2C=NN)s1. The van der Waals surface area contributed by atoms with E-state index in [1.54, 1.807) is 17.6 Å². The van der Waals surface area contributed by atoms with E-state index >= 15 is 0 Å². The quantitative estimate of drug-likeness (QED) is 0.468. The van der Waals surface area contributed by atoms with Crippen LogP contribution in [-0.4, -0.2) is 6.21 Å². The molecule has 0 saturated heterocycles. The first-order valence-corrected chi connectivity index (χ1v) is 5.52. The van der Waals surface area contributed by atoms with Gasteiger partial charge in [-0.3, -0.25) is 0 Å². The number of hydrogen-bond acceptors (Lipinski definition) is 3. The number of rotatable bonds is 2. The van der Waals surface area contributed by atoms with Crippen LogP contribution in [-0.2, 0) is 0 Å². The van der Waals surface area contributed by atoms with Gasteiger partial charge in [0, 0.05) is 20.9 Å². The molecule has 0 fully saturated rings. The van der Waals surface area contributed by atoms with Gasteiger partial charge in [-0.05, 0) is 19.1 Å². The summed E-state index contributed by atoms with van der Waals surface area (Å²) in [4.78, 5) is 2.56. The van der Waals surface area contributed by atoms with Crippen molar-refractivity contribution in [2.45, 2.75) is 6.92 Å². The molecule has 2 aromatic rings. The lowest BCUT2D eigenvalue weighted by molar-refractivity contribution is 1.26. The fraction of sp³-hybridized carbons (Fsp3) is 0.0833. The molecule has 0 amide bonds. The monoisotopic (exact) mass is 216 g/mol. The van der Waals surface area contributed by atoms with Gasteiger partial charge in [-0.25, -0.2) is 0 Å². The third kappa shape index (κ3) is 2.07. The van der Waals surface area contributed by atoms with E-state index in [0.717, 1.165) is 5.56 Å². The first-order chi connectivity index (χ1) is 7.31. The van der Waals surface area contributed by atoms with Crippen LogP contribution in [0, 0.1) is 6.92 Å². The minimum Gasteiger partial charge on any atom is -0.323 e. The van der Waals surface area contributed by atoms with Crippen molar-refractivity contribution in [1.82, 2.24) is 0 Å². The molecule has 2 nitrogen and oxygen atoms in total. The maximum atomic E-state index is 5.19. The zero-order valence-electron chi connectivity index (χ0n) is 8.47. The molecule has 1 aromatic carbocycles. The maximum absolute atomic E-state index is 5.19. The Bertz CT molecular complexity index is 486. The van der Waals surface area contributed by atoms with Crippen LogP contribution in [0.3, 0.4) is 0 Å². The number of hydrogen-bond donors (Lipinski definition) is 1. The molecule has 0 spiro atoms. The first kappa shape index (κ1) is 9.93. The maximum Gasteiger partial charge on any atom is 0.0544 e. The van der Waals surface area contributed by atoms with Crippen LogP contribution in [0.2, 0.25) is 0 Å². The normalized spacial score (nSPS) is 11.0. The van der Waals surface area contributed by atoms with E-state index in [0.29, 0.717) is 0 Å². The molecular formula is C12H12N2S. The van der Waals surface area contributed by atoms with Gasteiger partial charge in [-0.1, -0.05) is 24.3 Å². The van der Waals surface area contributed by atoms with Crippen LogP contribution in [0.15, 0.2) is 41.5 Å². The summed E-state index contributed by atoms with van der Waals surface area (Å²) in [5, 5.41) is 3.58. The summed E-state index contributed by atoms with van der Waals surface area (Å²) >= 11 is 1.78. The molecule has 0 unspecified atom stereocenters. The summed E-state index contributed by atoms with van der Waals surface area (Å²) in [6, 6.07) is 12.4. The van der Waals surface area contributed by atoms with Crippen molar-refractivity contribution in [3.05, 3.63) is 46.8 Å². The van der Waals surface area contributed by atoms with Crippen molar-refractivity contribution in [1.29, 1.82) is 0 Å². The zero-order valence-corrected chi connectivity index (χ0v) is 9.29. The molecule has 0 aliphatic heterocycles. The van der Waals surface area contributed by atoms with Crippen LogP contribution in [0.1, 0.15) is 10.4 Å². The molecule has 0 saturated carbocycles. The van der Waals surface area contributed by atoms with Gasteiger partial charge in [0.25, 0.3) is 0 Å². The molecule has 0 atom stereocenters. The molecule has 0 bridgehead atoms. The van der Waals surface area contributed by atoms with Crippen molar-refractivity contribution in [2.24, 2.45) is 10.9 Å². The largest absolute Gasteiger partial charge is 0.323 e. The van der Waals surface area contributed by atoms with Crippen molar-refractivity contribution in [3.63, 3.8) is 0 Å². The molecule has 15 heavy (non-hydrogen) atoms. The highest BCUT2D eigenvalue weighted by molar-refractivity contribution is 7.15. The Morgan fingerprint density at radius 2 is 2.00 bits per heavy atom. The summed E-state index contributed by atoms with van der Waals surface area (Å²) in [6.07, 6.45) is 1.68. The Morgan fingerprint density at radius 1 is 1.20 bits per heavy atom. The number of hydrazone groups is 1. The first-order valence-electron chi connectivity index (χ1n) is 4.70. The smallest absolute Gasteiger partial charge is 0.0544 e. The Labute approximate surface area is 93.1 Å². The van der Waals surface area contributed by atoms with Gasteiger partial charge >= 0.3 is 0 Å². The zero-order chi connectivity index (χ0) is 10.7. The molecule has 0 radical (unpaired) electrons. The molecule has 0 aliphatic rings. The van der Waals surface area contributed by atoms with Crippen LogP contribution < -0.4 is 5.84 Å². The average Bonchev–Trinajstić information content (AvgIpc) is 2.66. The molecule has 1 aromatic heterocycles. The average molecular weight is 216 g/mol. The predicted molar refractivity (Wildman–Crippen MR) is 66.3 cm³/mol. The lowest BCUT2D eigenvalue weighted by Crippen LogP contribution is -1.89. The van der Waals surface area contributed by atoms with Gasteiger partial charge < -0.3 is 5.84 Å². The van der Waals surface area contributed by atoms with E-state index < -0.39 is 0 Å². The fourth-order valence-electron chi connectivity index (χ4n) is 1.49.